The van der Waals surface area contributed by atoms with E-state index in [4.69, 9.17) is 4.74 Å². The second kappa shape index (κ2) is 6.09. The summed E-state index contributed by atoms with van der Waals surface area (Å²) in [6, 6.07) is 20.9. The molecule has 0 saturated heterocycles. The van der Waals surface area contributed by atoms with Gasteiger partial charge in [-0.1, -0.05) is 36.4 Å². The van der Waals surface area contributed by atoms with Crippen molar-refractivity contribution in [2.45, 2.75) is 11.8 Å². The van der Waals surface area contributed by atoms with Gasteiger partial charge in [-0.3, -0.25) is 0 Å². The van der Waals surface area contributed by atoms with Crippen LogP contribution < -0.4 is 4.74 Å². The fourth-order valence-corrected chi connectivity index (χ4v) is 4.16. The molecule has 0 radical (unpaired) electrons. The summed E-state index contributed by atoms with van der Waals surface area (Å²) in [4.78, 5) is 3.36. The Morgan fingerprint density at radius 3 is 2.48 bits per heavy atom. The number of hydrogen-bond acceptors (Lipinski definition) is 3. The number of rotatable bonds is 2. The van der Waals surface area contributed by atoms with Gasteiger partial charge in [0.05, 0.1) is 6.61 Å². The predicted molar refractivity (Wildman–Crippen MR) is 105 cm³/mol. The minimum Gasteiger partial charge on any atom is -0.508 e. The Balaban J connectivity index is 1.70. The van der Waals surface area contributed by atoms with Crippen molar-refractivity contribution in [1.29, 1.82) is 0 Å². The van der Waals surface area contributed by atoms with E-state index in [1.165, 1.54) is 10.9 Å². The van der Waals surface area contributed by atoms with E-state index in [0.29, 0.717) is 12.4 Å². The van der Waals surface area contributed by atoms with Gasteiger partial charge < -0.3 is 19.9 Å². The first-order valence-electron chi connectivity index (χ1n) is 9.01. The van der Waals surface area contributed by atoms with Gasteiger partial charge in [0, 0.05) is 40.6 Å². The average molecular weight is 357 g/mol. The second-order valence-electron chi connectivity index (χ2n) is 7.00. The molecule has 0 saturated carbocycles. The number of aromatic nitrogens is 1. The molecule has 4 nitrogen and oxygen atoms in total. The number of nitrogens with one attached hydrogen (secondary N) is 1. The summed E-state index contributed by atoms with van der Waals surface area (Å²) in [5, 5.41) is 20.8. The van der Waals surface area contributed by atoms with Crippen molar-refractivity contribution >= 4 is 10.9 Å². The normalized spacial score (nSPS) is 18.8. The molecule has 3 N–H and O–H groups in total. The highest BCUT2D eigenvalue weighted by atomic mass is 16.5. The van der Waals surface area contributed by atoms with E-state index in [9.17, 15) is 10.2 Å². The molecular weight excluding hydrogens is 338 g/mol. The Labute approximate surface area is 156 Å². The highest BCUT2D eigenvalue weighted by Gasteiger charge is 2.34. The third kappa shape index (κ3) is 2.61. The fraction of sp³-hybridized carbons (Fsp3) is 0.130. The van der Waals surface area contributed by atoms with E-state index in [0.717, 1.165) is 16.6 Å². The van der Waals surface area contributed by atoms with E-state index in [1.54, 1.807) is 24.3 Å². The maximum absolute atomic E-state index is 9.85. The first kappa shape index (κ1) is 15.8. The SMILES string of the molecule is Oc1ccc(C2c3ccc(O)cc3OCC2c2c[nH]c3ccccc23)cc1. The van der Waals surface area contributed by atoms with Crippen LogP contribution in [0.25, 0.3) is 10.9 Å². The van der Waals surface area contributed by atoms with Crippen LogP contribution in [-0.4, -0.2) is 21.8 Å². The van der Waals surface area contributed by atoms with Crippen molar-refractivity contribution in [2.75, 3.05) is 6.61 Å². The van der Waals surface area contributed by atoms with E-state index in [1.807, 2.05) is 30.3 Å². The zero-order chi connectivity index (χ0) is 18.4. The molecule has 4 heteroatoms. The largest absolute Gasteiger partial charge is 0.508 e. The van der Waals surface area contributed by atoms with Crippen LogP contribution in [0.1, 0.15) is 28.5 Å². The fourth-order valence-electron chi connectivity index (χ4n) is 4.16. The maximum Gasteiger partial charge on any atom is 0.126 e. The summed E-state index contributed by atoms with van der Waals surface area (Å²) in [5.74, 6) is 1.34. The van der Waals surface area contributed by atoms with Crippen LogP contribution in [0.15, 0.2) is 72.9 Å². The summed E-state index contributed by atoms with van der Waals surface area (Å²) in [6.45, 7) is 0.518. The monoisotopic (exact) mass is 357 g/mol. The molecule has 1 aromatic heterocycles. The van der Waals surface area contributed by atoms with Gasteiger partial charge in [-0.25, -0.2) is 0 Å². The van der Waals surface area contributed by atoms with Crippen molar-refractivity contribution in [3.05, 3.63) is 89.6 Å². The standard InChI is InChI=1S/C23H19NO3/c25-15-7-5-14(6-8-15)23-18-10-9-16(26)11-22(18)27-13-20(23)19-12-24-21-4-2-1-3-17(19)21/h1-12,20,23-26H,13H2. The smallest absolute Gasteiger partial charge is 0.126 e. The molecule has 0 fully saturated rings. The van der Waals surface area contributed by atoms with Gasteiger partial charge in [-0.15, -0.1) is 0 Å². The number of phenols is 2. The van der Waals surface area contributed by atoms with Crippen molar-refractivity contribution in [3.8, 4) is 17.2 Å². The summed E-state index contributed by atoms with van der Waals surface area (Å²) < 4.78 is 6.04. The quantitative estimate of drug-likeness (QED) is 0.479. The summed E-state index contributed by atoms with van der Waals surface area (Å²) in [5.41, 5.74) is 4.47. The van der Waals surface area contributed by atoms with Gasteiger partial charge in [0.1, 0.15) is 17.2 Å². The zero-order valence-corrected chi connectivity index (χ0v) is 14.6. The number of aromatic hydroxyl groups is 2. The molecule has 2 unspecified atom stereocenters. The third-order valence-corrected chi connectivity index (χ3v) is 5.43. The molecule has 3 aromatic carbocycles. The van der Waals surface area contributed by atoms with Crippen LogP contribution in [0.4, 0.5) is 0 Å². The molecule has 1 aliphatic rings. The number of fused-ring (bicyclic) bond motifs is 2. The van der Waals surface area contributed by atoms with E-state index < -0.39 is 0 Å². The number of H-pyrrole nitrogens is 1. The number of para-hydroxylation sites is 1. The minimum absolute atomic E-state index is 0.0640. The minimum atomic E-state index is 0.0640. The molecular formula is C23H19NO3. The van der Waals surface area contributed by atoms with E-state index in [2.05, 4.69) is 23.3 Å². The summed E-state index contributed by atoms with van der Waals surface area (Å²) >= 11 is 0. The lowest BCUT2D eigenvalue weighted by molar-refractivity contribution is 0.248. The summed E-state index contributed by atoms with van der Waals surface area (Å²) in [7, 11) is 0. The number of ether oxygens (including phenoxy) is 1. The molecule has 134 valence electrons. The zero-order valence-electron chi connectivity index (χ0n) is 14.6. The van der Waals surface area contributed by atoms with Crippen LogP contribution in [0.5, 0.6) is 17.2 Å². The van der Waals surface area contributed by atoms with E-state index >= 15 is 0 Å². The number of aromatic amines is 1. The molecule has 4 aromatic rings. The van der Waals surface area contributed by atoms with Crippen molar-refractivity contribution in [2.24, 2.45) is 0 Å². The Kier molecular flexibility index (Phi) is 3.57. The van der Waals surface area contributed by atoms with Gasteiger partial charge in [0.15, 0.2) is 0 Å². The lowest BCUT2D eigenvalue weighted by atomic mass is 9.76. The number of phenolic OH excluding ortho intramolecular Hbond substituents is 2. The topological polar surface area (TPSA) is 65.5 Å². The third-order valence-electron chi connectivity index (χ3n) is 5.43. The Bertz CT molecular complexity index is 1110. The van der Waals surface area contributed by atoms with Crippen molar-refractivity contribution in [3.63, 3.8) is 0 Å². The molecule has 5 rings (SSSR count). The lowest BCUT2D eigenvalue weighted by Gasteiger charge is -2.34. The van der Waals surface area contributed by atoms with Crippen LogP contribution in [0, 0.1) is 0 Å². The van der Waals surface area contributed by atoms with Gasteiger partial charge in [0.25, 0.3) is 0 Å². The number of benzene rings is 3. The van der Waals surface area contributed by atoms with Gasteiger partial charge in [-0.2, -0.15) is 0 Å². The number of hydrogen-bond donors (Lipinski definition) is 3. The molecule has 2 atom stereocenters. The molecule has 0 spiro atoms. The van der Waals surface area contributed by atoms with Crippen molar-refractivity contribution < 1.29 is 14.9 Å². The second-order valence-corrected chi connectivity index (χ2v) is 7.00. The Hall–Kier alpha value is -3.40. The molecule has 27 heavy (non-hydrogen) atoms. The average Bonchev–Trinajstić information content (AvgIpc) is 3.12. The highest BCUT2D eigenvalue weighted by Crippen LogP contribution is 2.48. The van der Waals surface area contributed by atoms with Crippen LogP contribution in [-0.2, 0) is 0 Å². The Morgan fingerprint density at radius 1 is 0.852 bits per heavy atom. The van der Waals surface area contributed by atoms with Gasteiger partial charge in [-0.05, 0) is 35.4 Å². The molecule has 2 heterocycles. The van der Waals surface area contributed by atoms with Crippen LogP contribution in [0.2, 0.25) is 0 Å². The first-order valence-corrected chi connectivity index (χ1v) is 9.01. The summed E-state index contributed by atoms with van der Waals surface area (Å²) in [6.07, 6.45) is 2.07. The maximum atomic E-state index is 9.85. The Morgan fingerprint density at radius 2 is 1.63 bits per heavy atom. The van der Waals surface area contributed by atoms with Crippen LogP contribution in [0.3, 0.4) is 0 Å². The first-order chi connectivity index (χ1) is 13.2. The lowest BCUT2D eigenvalue weighted by Crippen LogP contribution is -2.25. The van der Waals surface area contributed by atoms with Crippen LogP contribution >= 0.6 is 0 Å². The molecule has 0 aliphatic carbocycles. The molecule has 0 bridgehead atoms. The van der Waals surface area contributed by atoms with Gasteiger partial charge >= 0.3 is 0 Å². The predicted octanol–water partition coefficient (Wildman–Crippen LogP) is 4.89. The van der Waals surface area contributed by atoms with E-state index in [-0.39, 0.29) is 23.3 Å². The van der Waals surface area contributed by atoms with Gasteiger partial charge in [0.2, 0.25) is 0 Å². The van der Waals surface area contributed by atoms with Crippen molar-refractivity contribution in [1.82, 2.24) is 4.98 Å². The highest BCUT2D eigenvalue weighted by molar-refractivity contribution is 5.84. The molecule has 1 aliphatic heterocycles. The molecule has 0 amide bonds.